The van der Waals surface area contributed by atoms with Gasteiger partial charge in [0, 0.05) is 33.6 Å². The van der Waals surface area contributed by atoms with Crippen LogP contribution < -0.4 is 11.1 Å². The van der Waals surface area contributed by atoms with Crippen molar-refractivity contribution in [2.45, 2.75) is 13.8 Å². The van der Waals surface area contributed by atoms with Crippen molar-refractivity contribution in [2.24, 2.45) is 0 Å². The summed E-state index contributed by atoms with van der Waals surface area (Å²) >= 11 is 3.28. The third-order valence-electron chi connectivity index (χ3n) is 2.71. The third kappa shape index (κ3) is 2.44. The zero-order chi connectivity index (χ0) is 14.2. The first-order valence-electron chi connectivity index (χ1n) is 5.52. The Morgan fingerprint density at radius 1 is 1.00 bits per heavy atom. The molecule has 2 heterocycles. The lowest BCUT2D eigenvalue weighted by molar-refractivity contribution is 0.112. The van der Waals surface area contributed by atoms with Crippen molar-refractivity contribution in [1.82, 2.24) is 9.35 Å². The van der Waals surface area contributed by atoms with Gasteiger partial charge < -0.3 is 0 Å². The predicted octanol–water partition coefficient (Wildman–Crippen LogP) is 1.51. The number of hydrogen-bond acceptors (Lipinski definition) is 3. The maximum absolute atomic E-state index is 12.1. The predicted molar refractivity (Wildman–Crippen MR) is 74.8 cm³/mol. The first-order valence-corrected chi connectivity index (χ1v) is 6.31. The molecular formula is C13H11BrN2O3. The van der Waals surface area contributed by atoms with E-state index in [-0.39, 0.29) is 11.1 Å². The van der Waals surface area contributed by atoms with Crippen LogP contribution in [0.15, 0.2) is 38.6 Å². The van der Waals surface area contributed by atoms with Gasteiger partial charge in [0.2, 0.25) is 0 Å². The van der Waals surface area contributed by atoms with Crippen molar-refractivity contribution >= 4 is 22.2 Å². The SMILES string of the molecule is Cc1cc(Br)cn(-n2cc(C=O)cc(C)c2=O)c1=O. The number of carbonyl (C=O) groups is 1. The van der Waals surface area contributed by atoms with E-state index >= 15 is 0 Å². The minimum absolute atomic E-state index is 0.312. The Balaban J connectivity index is 2.86. The lowest BCUT2D eigenvalue weighted by Gasteiger charge is -2.12. The molecule has 0 atom stereocenters. The lowest BCUT2D eigenvalue weighted by atomic mass is 10.2. The van der Waals surface area contributed by atoms with E-state index in [2.05, 4.69) is 15.9 Å². The molecule has 2 aromatic heterocycles. The highest BCUT2D eigenvalue weighted by Crippen LogP contribution is 2.08. The summed E-state index contributed by atoms with van der Waals surface area (Å²) in [4.78, 5) is 35.0. The average Bonchev–Trinajstić information content (AvgIpc) is 2.37. The fraction of sp³-hybridized carbons (Fsp3) is 0.154. The van der Waals surface area contributed by atoms with Gasteiger partial charge in [0.05, 0.1) is 0 Å². The van der Waals surface area contributed by atoms with Crippen molar-refractivity contribution < 1.29 is 4.79 Å². The highest BCUT2D eigenvalue weighted by atomic mass is 79.9. The van der Waals surface area contributed by atoms with E-state index in [9.17, 15) is 14.4 Å². The summed E-state index contributed by atoms with van der Waals surface area (Å²) in [5.74, 6) is 0. The zero-order valence-corrected chi connectivity index (χ0v) is 12.0. The average molecular weight is 323 g/mol. The summed E-state index contributed by atoms with van der Waals surface area (Å²) in [6, 6.07) is 3.15. The summed E-state index contributed by atoms with van der Waals surface area (Å²) < 4.78 is 2.99. The summed E-state index contributed by atoms with van der Waals surface area (Å²) in [6.07, 6.45) is 3.47. The van der Waals surface area contributed by atoms with Crippen LogP contribution in [0.5, 0.6) is 0 Å². The highest BCUT2D eigenvalue weighted by Gasteiger charge is 2.08. The third-order valence-corrected chi connectivity index (χ3v) is 3.15. The van der Waals surface area contributed by atoms with Gasteiger partial charge in [0.15, 0.2) is 6.29 Å². The number of halogens is 1. The topological polar surface area (TPSA) is 61.1 Å². The molecule has 98 valence electrons. The largest absolute Gasteiger partial charge is 0.298 e. The number of aldehydes is 1. The van der Waals surface area contributed by atoms with Gasteiger partial charge >= 0.3 is 0 Å². The molecule has 0 aliphatic rings. The Morgan fingerprint density at radius 3 is 2.11 bits per heavy atom. The second-order valence-corrected chi connectivity index (χ2v) is 5.13. The van der Waals surface area contributed by atoms with E-state index < -0.39 is 0 Å². The van der Waals surface area contributed by atoms with Crippen molar-refractivity contribution in [3.05, 3.63) is 66.4 Å². The van der Waals surface area contributed by atoms with E-state index in [4.69, 9.17) is 0 Å². The zero-order valence-electron chi connectivity index (χ0n) is 10.4. The lowest BCUT2D eigenvalue weighted by Crippen LogP contribution is -2.36. The van der Waals surface area contributed by atoms with Gasteiger partial charge in [0.25, 0.3) is 11.1 Å². The molecule has 0 bridgehead atoms. The van der Waals surface area contributed by atoms with Crippen LogP contribution in [0.3, 0.4) is 0 Å². The Morgan fingerprint density at radius 2 is 1.53 bits per heavy atom. The monoisotopic (exact) mass is 322 g/mol. The fourth-order valence-corrected chi connectivity index (χ4v) is 2.31. The van der Waals surface area contributed by atoms with Crippen LogP contribution in [0.2, 0.25) is 0 Å². The van der Waals surface area contributed by atoms with Gasteiger partial charge in [0.1, 0.15) is 0 Å². The Hall–Kier alpha value is -1.95. The van der Waals surface area contributed by atoms with Crippen LogP contribution in [0.4, 0.5) is 0 Å². The summed E-state index contributed by atoms with van der Waals surface area (Å²) in [7, 11) is 0. The molecule has 0 saturated heterocycles. The molecule has 2 rings (SSSR count). The number of nitrogens with zero attached hydrogens (tertiary/aromatic N) is 2. The molecule has 0 fully saturated rings. The van der Waals surface area contributed by atoms with Gasteiger partial charge in [-0.2, -0.15) is 0 Å². The molecule has 0 N–H and O–H groups in total. The molecule has 0 radical (unpaired) electrons. The molecule has 5 nitrogen and oxygen atoms in total. The number of carbonyl (C=O) groups excluding carboxylic acids is 1. The van der Waals surface area contributed by atoms with Gasteiger partial charge in [-0.05, 0) is 41.9 Å². The fourth-order valence-electron chi connectivity index (χ4n) is 1.78. The second kappa shape index (κ2) is 4.97. The van der Waals surface area contributed by atoms with E-state index in [1.165, 1.54) is 23.1 Å². The van der Waals surface area contributed by atoms with Gasteiger partial charge in [-0.15, -0.1) is 0 Å². The molecular weight excluding hydrogens is 312 g/mol. The van der Waals surface area contributed by atoms with E-state index in [1.54, 1.807) is 19.9 Å². The van der Waals surface area contributed by atoms with Crippen LogP contribution in [-0.4, -0.2) is 15.6 Å². The van der Waals surface area contributed by atoms with Crippen molar-refractivity contribution in [3.8, 4) is 0 Å². The van der Waals surface area contributed by atoms with E-state index in [0.29, 0.717) is 27.4 Å². The standard InChI is InChI=1S/C13H11BrN2O3/c1-8-3-10(7-17)5-15(12(8)18)16-6-11(14)4-9(2)13(16)19/h3-7H,1-2H3. The van der Waals surface area contributed by atoms with Gasteiger partial charge in [-0.25, -0.2) is 9.35 Å². The van der Waals surface area contributed by atoms with Crippen molar-refractivity contribution in [2.75, 3.05) is 0 Å². The molecule has 0 unspecified atom stereocenters. The minimum atomic E-state index is -0.342. The van der Waals surface area contributed by atoms with Crippen LogP contribution in [0.25, 0.3) is 0 Å². The Labute approximate surface area is 117 Å². The molecule has 19 heavy (non-hydrogen) atoms. The molecule has 0 amide bonds. The van der Waals surface area contributed by atoms with Crippen molar-refractivity contribution in [1.29, 1.82) is 0 Å². The molecule has 0 spiro atoms. The number of aromatic nitrogens is 2. The maximum Gasteiger partial charge on any atom is 0.272 e. The quantitative estimate of drug-likeness (QED) is 0.787. The number of aryl methyl sites for hydroxylation is 2. The first-order chi connectivity index (χ1) is 8.93. The number of pyridine rings is 2. The summed E-state index contributed by atoms with van der Waals surface area (Å²) in [5, 5.41) is 0. The van der Waals surface area contributed by atoms with E-state index in [0.717, 1.165) is 4.68 Å². The second-order valence-electron chi connectivity index (χ2n) is 4.22. The smallest absolute Gasteiger partial charge is 0.272 e. The normalized spacial score (nSPS) is 10.5. The van der Waals surface area contributed by atoms with Gasteiger partial charge in [-0.1, -0.05) is 0 Å². The Kier molecular flexibility index (Phi) is 3.53. The van der Waals surface area contributed by atoms with Crippen LogP contribution >= 0.6 is 15.9 Å². The molecule has 0 aliphatic carbocycles. The highest BCUT2D eigenvalue weighted by molar-refractivity contribution is 9.10. The summed E-state index contributed by atoms with van der Waals surface area (Å²) in [5.41, 5.74) is 0.573. The van der Waals surface area contributed by atoms with Crippen LogP contribution in [0.1, 0.15) is 21.5 Å². The molecule has 0 aliphatic heterocycles. The first kappa shape index (κ1) is 13.5. The molecule has 6 heteroatoms. The molecule has 0 saturated carbocycles. The van der Waals surface area contributed by atoms with Crippen LogP contribution in [0, 0.1) is 13.8 Å². The summed E-state index contributed by atoms with van der Waals surface area (Å²) in [6.45, 7) is 3.26. The van der Waals surface area contributed by atoms with Crippen LogP contribution in [-0.2, 0) is 0 Å². The van der Waals surface area contributed by atoms with Crippen molar-refractivity contribution in [3.63, 3.8) is 0 Å². The molecule has 0 aromatic carbocycles. The van der Waals surface area contributed by atoms with Gasteiger partial charge in [-0.3, -0.25) is 14.4 Å². The maximum atomic E-state index is 12.1. The minimum Gasteiger partial charge on any atom is -0.298 e. The number of rotatable bonds is 2. The number of hydrogen-bond donors (Lipinski definition) is 0. The van der Waals surface area contributed by atoms with E-state index in [1.807, 2.05) is 0 Å². The Bertz CT molecular complexity index is 774. The molecule has 2 aromatic rings.